The van der Waals surface area contributed by atoms with E-state index >= 15 is 0 Å². The summed E-state index contributed by atoms with van der Waals surface area (Å²) in [5, 5.41) is 12.1. The summed E-state index contributed by atoms with van der Waals surface area (Å²) in [6, 6.07) is 17.2. The number of nitrogens with zero attached hydrogens (tertiary/aromatic N) is 3. The number of carbonyl (C=O) groups excluding carboxylic acids is 2. The van der Waals surface area contributed by atoms with Crippen molar-refractivity contribution in [3.8, 4) is 16.3 Å². The summed E-state index contributed by atoms with van der Waals surface area (Å²) in [4.78, 5) is 27.8. The first-order chi connectivity index (χ1) is 16.1. The molecule has 0 aliphatic heterocycles. The van der Waals surface area contributed by atoms with E-state index in [1.807, 2.05) is 54.6 Å². The van der Waals surface area contributed by atoms with Crippen LogP contribution in [-0.4, -0.2) is 66.6 Å². The van der Waals surface area contributed by atoms with Gasteiger partial charge in [0.2, 0.25) is 16.9 Å². The molecular weight excluding hydrogens is 460 g/mol. The molecule has 0 unspecified atom stereocenters. The van der Waals surface area contributed by atoms with Crippen LogP contribution in [0.3, 0.4) is 0 Å². The van der Waals surface area contributed by atoms with Gasteiger partial charge in [0.25, 0.3) is 0 Å². The van der Waals surface area contributed by atoms with Crippen molar-refractivity contribution >= 4 is 40.0 Å². The lowest BCUT2D eigenvalue weighted by molar-refractivity contribution is -0.129. The summed E-state index contributed by atoms with van der Waals surface area (Å²) >= 11 is 2.76. The zero-order valence-electron chi connectivity index (χ0n) is 18.5. The second-order valence-corrected chi connectivity index (χ2v) is 8.94. The molecule has 0 bridgehead atoms. The molecule has 0 radical (unpaired) electrons. The van der Waals surface area contributed by atoms with Crippen LogP contribution in [0.5, 0.6) is 5.75 Å². The van der Waals surface area contributed by atoms with E-state index in [2.05, 4.69) is 15.5 Å². The van der Waals surface area contributed by atoms with E-state index in [1.54, 1.807) is 19.1 Å². The van der Waals surface area contributed by atoms with Gasteiger partial charge in [-0.1, -0.05) is 29.5 Å². The Balaban J connectivity index is 1.51. The molecule has 3 aromatic rings. The van der Waals surface area contributed by atoms with Gasteiger partial charge in [-0.15, -0.1) is 22.0 Å². The number of aromatic nitrogens is 2. The number of ether oxygens (including phenoxy) is 2. The molecule has 33 heavy (non-hydrogen) atoms. The molecule has 174 valence electrons. The van der Waals surface area contributed by atoms with Crippen molar-refractivity contribution in [1.29, 1.82) is 0 Å². The van der Waals surface area contributed by atoms with Crippen molar-refractivity contribution < 1.29 is 19.1 Å². The fourth-order valence-corrected chi connectivity index (χ4v) is 4.45. The summed E-state index contributed by atoms with van der Waals surface area (Å²) < 4.78 is 10.3. The molecule has 1 N–H and O–H groups in total. The van der Waals surface area contributed by atoms with E-state index in [9.17, 15) is 9.59 Å². The van der Waals surface area contributed by atoms with Crippen LogP contribution >= 0.6 is 23.1 Å². The number of nitrogens with one attached hydrogen (secondary N) is 1. The average Bonchev–Trinajstić information content (AvgIpc) is 3.31. The first-order valence-electron chi connectivity index (χ1n) is 10.3. The molecule has 8 nitrogen and oxygen atoms in total. The van der Waals surface area contributed by atoms with Gasteiger partial charge in [0.05, 0.1) is 19.5 Å². The highest BCUT2D eigenvalue weighted by Gasteiger charge is 2.16. The van der Waals surface area contributed by atoms with Crippen molar-refractivity contribution in [3.05, 3.63) is 54.6 Å². The molecule has 0 aliphatic rings. The Labute approximate surface area is 201 Å². The van der Waals surface area contributed by atoms with Crippen LogP contribution in [0, 0.1) is 0 Å². The van der Waals surface area contributed by atoms with Crippen LogP contribution in [0.15, 0.2) is 59.5 Å². The normalized spacial score (nSPS) is 10.6. The molecule has 2 aromatic carbocycles. The highest BCUT2D eigenvalue weighted by molar-refractivity contribution is 8.00. The van der Waals surface area contributed by atoms with Crippen LogP contribution in [0.1, 0.15) is 6.42 Å². The number of anilines is 1. The van der Waals surface area contributed by atoms with Crippen molar-refractivity contribution in [2.45, 2.75) is 11.3 Å². The standard InChI is InChI=1S/C23H26N4O4S2/c1-30-15-14-27(21(29)16-32-19-6-4-3-5-7-19)13-12-20(28)24-23-26-25-22(33-23)17-8-10-18(31-2)11-9-17/h3-11H,12-16H2,1-2H3,(H,24,26,28). The monoisotopic (exact) mass is 486 g/mol. The summed E-state index contributed by atoms with van der Waals surface area (Å²) in [6.07, 6.45) is 0.156. The van der Waals surface area contributed by atoms with E-state index in [0.29, 0.717) is 35.6 Å². The van der Waals surface area contributed by atoms with Crippen LogP contribution in [0.4, 0.5) is 5.13 Å². The maximum Gasteiger partial charge on any atom is 0.233 e. The van der Waals surface area contributed by atoms with Crippen LogP contribution in [0.2, 0.25) is 0 Å². The smallest absolute Gasteiger partial charge is 0.233 e. The first-order valence-corrected chi connectivity index (χ1v) is 12.1. The minimum absolute atomic E-state index is 0.0357. The summed E-state index contributed by atoms with van der Waals surface area (Å²) in [7, 11) is 3.20. The van der Waals surface area contributed by atoms with E-state index in [0.717, 1.165) is 16.2 Å². The van der Waals surface area contributed by atoms with Gasteiger partial charge in [0, 0.05) is 37.1 Å². The summed E-state index contributed by atoms with van der Waals surface area (Å²) in [5.41, 5.74) is 0.890. The third-order valence-corrected chi connectivity index (χ3v) is 6.53. The number of thioether (sulfide) groups is 1. The van der Waals surface area contributed by atoms with Gasteiger partial charge in [-0.3, -0.25) is 9.59 Å². The number of hydrogen-bond donors (Lipinski definition) is 1. The molecule has 3 rings (SSSR count). The van der Waals surface area contributed by atoms with E-state index in [4.69, 9.17) is 9.47 Å². The third kappa shape index (κ3) is 7.85. The Hall–Kier alpha value is -2.95. The molecule has 0 fully saturated rings. The molecular formula is C23H26N4O4S2. The van der Waals surface area contributed by atoms with Gasteiger partial charge in [-0.25, -0.2) is 0 Å². The SMILES string of the molecule is COCCN(CCC(=O)Nc1nnc(-c2ccc(OC)cc2)s1)C(=O)CSc1ccccc1. The predicted molar refractivity (Wildman–Crippen MR) is 131 cm³/mol. The Morgan fingerprint density at radius 1 is 1.03 bits per heavy atom. The second kappa shape index (κ2) is 12.9. The molecule has 0 saturated heterocycles. The quantitative estimate of drug-likeness (QED) is 0.389. The highest BCUT2D eigenvalue weighted by atomic mass is 32.2. The van der Waals surface area contributed by atoms with E-state index in [1.165, 1.54) is 23.1 Å². The minimum Gasteiger partial charge on any atom is -0.497 e. The Kier molecular flexibility index (Phi) is 9.67. The van der Waals surface area contributed by atoms with Crippen molar-refractivity contribution in [1.82, 2.24) is 15.1 Å². The van der Waals surface area contributed by atoms with Gasteiger partial charge in [0.15, 0.2) is 0 Å². The third-order valence-electron chi connectivity index (χ3n) is 4.64. The number of rotatable bonds is 12. The zero-order chi connectivity index (χ0) is 23.5. The highest BCUT2D eigenvalue weighted by Crippen LogP contribution is 2.27. The summed E-state index contributed by atoms with van der Waals surface area (Å²) in [6.45, 7) is 1.14. The number of benzene rings is 2. The van der Waals surface area contributed by atoms with Crippen molar-refractivity contribution in [3.63, 3.8) is 0 Å². The van der Waals surface area contributed by atoms with Gasteiger partial charge in [-0.05, 0) is 36.4 Å². The number of methoxy groups -OCH3 is 2. The molecule has 1 aromatic heterocycles. The average molecular weight is 487 g/mol. The Morgan fingerprint density at radius 2 is 1.79 bits per heavy atom. The fraction of sp³-hybridized carbons (Fsp3) is 0.304. The molecule has 2 amide bonds. The minimum atomic E-state index is -0.224. The zero-order valence-corrected chi connectivity index (χ0v) is 20.2. The molecule has 0 aliphatic carbocycles. The van der Waals surface area contributed by atoms with Crippen molar-refractivity contribution in [2.75, 3.05) is 45.0 Å². The number of amides is 2. The largest absolute Gasteiger partial charge is 0.497 e. The molecule has 0 spiro atoms. The van der Waals surface area contributed by atoms with Gasteiger partial charge in [-0.2, -0.15) is 0 Å². The maximum absolute atomic E-state index is 12.7. The van der Waals surface area contributed by atoms with Gasteiger partial charge < -0.3 is 19.7 Å². The van der Waals surface area contributed by atoms with Crippen LogP contribution in [0.25, 0.3) is 10.6 Å². The van der Waals surface area contributed by atoms with E-state index in [-0.39, 0.29) is 18.2 Å². The van der Waals surface area contributed by atoms with Crippen molar-refractivity contribution in [2.24, 2.45) is 0 Å². The Bertz CT molecular complexity index is 1030. The number of carbonyl (C=O) groups is 2. The fourth-order valence-electron chi connectivity index (χ4n) is 2.86. The molecule has 1 heterocycles. The Morgan fingerprint density at radius 3 is 2.48 bits per heavy atom. The van der Waals surface area contributed by atoms with Gasteiger partial charge in [0.1, 0.15) is 10.8 Å². The second-order valence-electron chi connectivity index (χ2n) is 6.91. The molecule has 0 saturated carbocycles. The van der Waals surface area contributed by atoms with E-state index < -0.39 is 0 Å². The molecule has 10 heteroatoms. The van der Waals surface area contributed by atoms with Crippen LogP contribution < -0.4 is 10.1 Å². The summed E-state index contributed by atoms with van der Waals surface area (Å²) in [5.74, 6) is 0.799. The van der Waals surface area contributed by atoms with Gasteiger partial charge >= 0.3 is 0 Å². The van der Waals surface area contributed by atoms with Crippen LogP contribution in [-0.2, 0) is 14.3 Å². The maximum atomic E-state index is 12.7. The lowest BCUT2D eigenvalue weighted by Gasteiger charge is -2.22. The first kappa shape index (κ1) is 24.7. The predicted octanol–water partition coefficient (Wildman–Crippen LogP) is 3.81. The number of hydrogen-bond acceptors (Lipinski definition) is 8. The topological polar surface area (TPSA) is 93.7 Å². The molecule has 0 atom stereocenters. The lowest BCUT2D eigenvalue weighted by Crippen LogP contribution is -2.37. The lowest BCUT2D eigenvalue weighted by atomic mass is 10.2.